The van der Waals surface area contributed by atoms with Crippen molar-refractivity contribution < 1.29 is 14.3 Å². The maximum atomic E-state index is 11.8. The minimum Gasteiger partial charge on any atom is -0.497 e. The van der Waals surface area contributed by atoms with Crippen molar-refractivity contribution in [3.8, 4) is 5.75 Å². The van der Waals surface area contributed by atoms with Crippen molar-refractivity contribution in [3.63, 3.8) is 0 Å². The van der Waals surface area contributed by atoms with E-state index in [1.54, 1.807) is 7.11 Å². The zero-order valence-corrected chi connectivity index (χ0v) is 11.7. The smallest absolute Gasteiger partial charge is 0.323 e. The van der Waals surface area contributed by atoms with Crippen molar-refractivity contribution in [2.45, 2.75) is 31.8 Å². The van der Waals surface area contributed by atoms with E-state index in [9.17, 15) is 4.79 Å². The topological polar surface area (TPSA) is 47.6 Å². The van der Waals surface area contributed by atoms with Gasteiger partial charge in [0.15, 0.2) is 0 Å². The Morgan fingerprint density at radius 3 is 2.37 bits per heavy atom. The lowest BCUT2D eigenvalue weighted by Crippen LogP contribution is -2.40. The minimum atomic E-state index is -0.192. The van der Waals surface area contributed by atoms with Crippen molar-refractivity contribution in [3.05, 3.63) is 29.8 Å². The lowest BCUT2D eigenvalue weighted by Gasteiger charge is -2.21. The zero-order valence-electron chi connectivity index (χ0n) is 11.7. The van der Waals surface area contributed by atoms with Crippen molar-refractivity contribution in [1.82, 2.24) is 5.32 Å². The highest BCUT2D eigenvalue weighted by Crippen LogP contribution is 2.34. The van der Waals surface area contributed by atoms with Gasteiger partial charge in [-0.2, -0.15) is 0 Å². The first-order chi connectivity index (χ1) is 9.15. The van der Waals surface area contributed by atoms with E-state index in [0.29, 0.717) is 5.92 Å². The molecule has 4 nitrogen and oxygen atoms in total. The Hall–Kier alpha value is -1.55. The van der Waals surface area contributed by atoms with Crippen LogP contribution in [-0.4, -0.2) is 26.2 Å². The molecule has 0 radical (unpaired) electrons. The Morgan fingerprint density at radius 2 is 1.89 bits per heavy atom. The lowest BCUT2D eigenvalue weighted by atomic mass is 10.1. The summed E-state index contributed by atoms with van der Waals surface area (Å²) in [7, 11) is 3.09. The summed E-state index contributed by atoms with van der Waals surface area (Å²) in [4.78, 5) is 11.8. The molecule has 0 amide bonds. The molecule has 1 N–H and O–H groups in total. The number of esters is 1. The van der Waals surface area contributed by atoms with Crippen molar-refractivity contribution in [1.29, 1.82) is 0 Å². The monoisotopic (exact) mass is 263 g/mol. The second-order valence-corrected chi connectivity index (χ2v) is 5.00. The molecule has 0 saturated heterocycles. The predicted molar refractivity (Wildman–Crippen MR) is 73.1 cm³/mol. The van der Waals surface area contributed by atoms with E-state index in [2.05, 4.69) is 12.2 Å². The molecule has 1 saturated carbocycles. The van der Waals surface area contributed by atoms with E-state index < -0.39 is 0 Å². The molecule has 1 fully saturated rings. The molecule has 104 valence electrons. The third-order valence-electron chi connectivity index (χ3n) is 3.59. The van der Waals surface area contributed by atoms with Crippen LogP contribution in [0.3, 0.4) is 0 Å². The van der Waals surface area contributed by atoms with Crippen molar-refractivity contribution in [2.24, 2.45) is 5.92 Å². The summed E-state index contributed by atoms with van der Waals surface area (Å²) >= 11 is 0. The average Bonchev–Trinajstić information content (AvgIpc) is 3.28. The Bertz CT molecular complexity index is 426. The standard InChI is InChI=1S/C15H21NO3/c1-10(11-6-8-13(18-2)9-7-11)16-14(12-4-5-12)15(17)19-3/h6-10,12,14,16H,4-5H2,1-3H3/t10-,14?/m1/s1. The maximum Gasteiger partial charge on any atom is 0.323 e. The quantitative estimate of drug-likeness (QED) is 0.800. The molecular weight excluding hydrogens is 242 g/mol. The van der Waals surface area contributed by atoms with Crippen LogP contribution in [0.4, 0.5) is 0 Å². The van der Waals surface area contributed by atoms with Crippen LogP contribution in [0.5, 0.6) is 5.75 Å². The van der Waals surface area contributed by atoms with Gasteiger partial charge in [-0.15, -0.1) is 0 Å². The third kappa shape index (κ3) is 3.47. The lowest BCUT2D eigenvalue weighted by molar-refractivity contribution is -0.144. The van der Waals surface area contributed by atoms with Crippen LogP contribution in [0.15, 0.2) is 24.3 Å². The Labute approximate surface area is 114 Å². The minimum absolute atomic E-state index is 0.107. The highest BCUT2D eigenvalue weighted by Gasteiger charge is 2.37. The van der Waals surface area contributed by atoms with E-state index in [1.807, 2.05) is 24.3 Å². The maximum absolute atomic E-state index is 11.8. The summed E-state index contributed by atoms with van der Waals surface area (Å²) in [6.07, 6.45) is 2.20. The Balaban J connectivity index is 2.01. The number of nitrogens with one attached hydrogen (secondary N) is 1. The van der Waals surface area contributed by atoms with Crippen LogP contribution in [-0.2, 0) is 9.53 Å². The molecule has 0 aliphatic heterocycles. The molecule has 2 atom stereocenters. The fraction of sp³-hybridized carbons (Fsp3) is 0.533. The highest BCUT2D eigenvalue weighted by atomic mass is 16.5. The SMILES string of the molecule is COC(=O)C(N[C@H](C)c1ccc(OC)cc1)C1CC1. The van der Waals surface area contributed by atoms with E-state index in [4.69, 9.17) is 9.47 Å². The van der Waals surface area contributed by atoms with Crippen LogP contribution in [0.2, 0.25) is 0 Å². The molecule has 0 aromatic heterocycles. The first kappa shape index (κ1) is 13.9. The molecule has 1 aliphatic rings. The van der Waals surface area contributed by atoms with Crippen LogP contribution in [0.1, 0.15) is 31.4 Å². The molecule has 1 unspecified atom stereocenters. The van der Waals surface area contributed by atoms with Gasteiger partial charge >= 0.3 is 5.97 Å². The number of rotatable bonds is 6. The summed E-state index contributed by atoms with van der Waals surface area (Å²) in [5.41, 5.74) is 1.13. The number of methoxy groups -OCH3 is 2. The third-order valence-corrected chi connectivity index (χ3v) is 3.59. The van der Waals surface area contributed by atoms with Gasteiger partial charge in [-0.25, -0.2) is 0 Å². The fourth-order valence-corrected chi connectivity index (χ4v) is 2.21. The molecule has 1 aromatic carbocycles. The van der Waals surface area contributed by atoms with Gasteiger partial charge in [-0.05, 0) is 43.4 Å². The predicted octanol–water partition coefficient (Wildman–Crippen LogP) is 2.30. The summed E-state index contributed by atoms with van der Waals surface area (Å²) in [5.74, 6) is 1.10. The van der Waals surface area contributed by atoms with Gasteiger partial charge in [0, 0.05) is 6.04 Å². The molecule has 0 bridgehead atoms. The largest absolute Gasteiger partial charge is 0.497 e. The van der Waals surface area contributed by atoms with Gasteiger partial charge in [0.05, 0.1) is 14.2 Å². The summed E-state index contributed by atoms with van der Waals surface area (Å²) in [6.45, 7) is 2.06. The van der Waals surface area contributed by atoms with Gasteiger partial charge in [0.25, 0.3) is 0 Å². The average molecular weight is 263 g/mol. The number of hydrogen-bond donors (Lipinski definition) is 1. The van der Waals surface area contributed by atoms with E-state index in [1.165, 1.54) is 7.11 Å². The second kappa shape index (κ2) is 6.06. The molecular formula is C15H21NO3. The van der Waals surface area contributed by atoms with Gasteiger partial charge in [0.2, 0.25) is 0 Å². The van der Waals surface area contributed by atoms with Crippen LogP contribution in [0.25, 0.3) is 0 Å². The molecule has 0 spiro atoms. The van der Waals surface area contributed by atoms with Gasteiger partial charge in [-0.1, -0.05) is 12.1 Å². The van der Waals surface area contributed by atoms with Crippen LogP contribution >= 0.6 is 0 Å². The summed E-state index contributed by atoms with van der Waals surface area (Å²) < 4.78 is 10.0. The fourth-order valence-electron chi connectivity index (χ4n) is 2.21. The molecule has 1 aliphatic carbocycles. The number of carbonyl (C=O) groups is 1. The summed E-state index contributed by atoms with van der Waals surface area (Å²) in [5, 5.41) is 3.37. The first-order valence-electron chi connectivity index (χ1n) is 6.63. The highest BCUT2D eigenvalue weighted by molar-refractivity contribution is 5.76. The normalized spacial score (nSPS) is 17.6. The van der Waals surface area contributed by atoms with Crippen LogP contribution in [0, 0.1) is 5.92 Å². The molecule has 2 rings (SSSR count). The molecule has 4 heteroatoms. The van der Waals surface area contributed by atoms with Gasteiger partial charge in [0.1, 0.15) is 11.8 Å². The number of ether oxygens (including phenoxy) is 2. The van der Waals surface area contributed by atoms with Gasteiger partial charge < -0.3 is 9.47 Å². The number of benzene rings is 1. The molecule has 0 heterocycles. The summed E-state index contributed by atoms with van der Waals surface area (Å²) in [6, 6.07) is 7.79. The van der Waals surface area contributed by atoms with Gasteiger partial charge in [-0.3, -0.25) is 10.1 Å². The van der Waals surface area contributed by atoms with Crippen molar-refractivity contribution in [2.75, 3.05) is 14.2 Å². The Morgan fingerprint density at radius 1 is 1.26 bits per heavy atom. The van der Waals surface area contributed by atoms with E-state index in [-0.39, 0.29) is 18.1 Å². The molecule has 1 aromatic rings. The van der Waals surface area contributed by atoms with E-state index >= 15 is 0 Å². The second-order valence-electron chi connectivity index (χ2n) is 5.00. The zero-order chi connectivity index (χ0) is 13.8. The molecule has 19 heavy (non-hydrogen) atoms. The Kier molecular flexibility index (Phi) is 4.43. The first-order valence-corrected chi connectivity index (χ1v) is 6.63. The van der Waals surface area contributed by atoms with Crippen molar-refractivity contribution >= 4 is 5.97 Å². The van der Waals surface area contributed by atoms with Crippen LogP contribution < -0.4 is 10.1 Å². The van der Waals surface area contributed by atoms with E-state index in [0.717, 1.165) is 24.2 Å². The number of hydrogen-bond acceptors (Lipinski definition) is 4. The number of carbonyl (C=O) groups excluding carboxylic acids is 1.